The molecule has 1 heterocycles. The highest BCUT2D eigenvalue weighted by Crippen LogP contribution is 2.30. The number of piperidine rings is 1. The van der Waals surface area contributed by atoms with Crippen molar-refractivity contribution in [3.05, 3.63) is 35.4 Å². The highest BCUT2D eigenvalue weighted by atomic mass is 19.4. The van der Waals surface area contributed by atoms with E-state index in [1.807, 2.05) is 0 Å². The van der Waals surface area contributed by atoms with Gasteiger partial charge in [0.2, 0.25) is 5.91 Å². The molecule has 102 valence electrons. The molecule has 4 nitrogen and oxygen atoms in total. The summed E-state index contributed by atoms with van der Waals surface area (Å²) in [5.74, 6) is -0.225. The van der Waals surface area contributed by atoms with Crippen LogP contribution in [-0.2, 0) is 11.0 Å². The molecule has 0 radical (unpaired) electrons. The van der Waals surface area contributed by atoms with E-state index >= 15 is 0 Å². The number of halogens is 3. The van der Waals surface area contributed by atoms with Gasteiger partial charge in [0.1, 0.15) is 0 Å². The average Bonchev–Trinajstić information content (AvgIpc) is 2.38. The number of carbonyl (C=O) groups excluding carboxylic acids is 1. The van der Waals surface area contributed by atoms with Gasteiger partial charge in [0.15, 0.2) is 0 Å². The van der Waals surface area contributed by atoms with Crippen LogP contribution >= 0.6 is 0 Å². The molecule has 0 saturated carbocycles. The third-order valence-corrected chi connectivity index (χ3v) is 2.95. The molecule has 7 heteroatoms. The number of amides is 1. The van der Waals surface area contributed by atoms with E-state index in [1.165, 1.54) is 12.1 Å². The van der Waals surface area contributed by atoms with Crippen LogP contribution in [0, 0.1) is 0 Å². The first-order chi connectivity index (χ1) is 8.91. The lowest BCUT2D eigenvalue weighted by Gasteiger charge is -2.24. The topological polar surface area (TPSA) is 61.7 Å². The number of oxime groups is 1. The van der Waals surface area contributed by atoms with Gasteiger partial charge in [0, 0.05) is 12.8 Å². The quantitative estimate of drug-likeness (QED) is 0.609. The molecule has 2 N–H and O–H groups in total. The van der Waals surface area contributed by atoms with E-state index in [0.717, 1.165) is 12.1 Å². The summed E-state index contributed by atoms with van der Waals surface area (Å²) in [5, 5.41) is 14.5. The second-order valence-electron chi connectivity index (χ2n) is 4.21. The molecule has 0 spiro atoms. The van der Waals surface area contributed by atoms with E-state index in [4.69, 9.17) is 5.21 Å². The van der Waals surface area contributed by atoms with Crippen LogP contribution in [0.5, 0.6) is 0 Å². The maximum absolute atomic E-state index is 12.4. The molecule has 1 unspecified atom stereocenters. The smallest absolute Gasteiger partial charge is 0.411 e. The molecule has 1 aliphatic rings. The number of benzene rings is 1. The molecule has 1 fully saturated rings. The molecular formula is C12H11F3N2O2. The summed E-state index contributed by atoms with van der Waals surface area (Å²) in [7, 11) is 0. The predicted octanol–water partition coefficient (Wildman–Crippen LogP) is 2.49. The van der Waals surface area contributed by atoms with Crippen molar-refractivity contribution in [2.45, 2.75) is 25.1 Å². The Morgan fingerprint density at radius 3 is 2.37 bits per heavy atom. The van der Waals surface area contributed by atoms with Gasteiger partial charge < -0.3 is 10.5 Å². The maximum atomic E-state index is 12.4. The van der Waals surface area contributed by atoms with E-state index < -0.39 is 17.8 Å². The van der Waals surface area contributed by atoms with Crippen LogP contribution in [0.1, 0.15) is 30.0 Å². The third kappa shape index (κ3) is 2.86. The van der Waals surface area contributed by atoms with Crippen LogP contribution in [0.25, 0.3) is 0 Å². The minimum atomic E-state index is -4.40. The molecule has 0 aromatic heterocycles. The zero-order valence-corrected chi connectivity index (χ0v) is 9.74. The van der Waals surface area contributed by atoms with Crippen molar-refractivity contribution < 1.29 is 23.2 Å². The molecule has 1 saturated heterocycles. The summed E-state index contributed by atoms with van der Waals surface area (Å²) in [4.78, 5) is 11.3. The Balaban J connectivity index is 2.28. The van der Waals surface area contributed by atoms with Crippen LogP contribution < -0.4 is 5.32 Å². The van der Waals surface area contributed by atoms with E-state index in [0.29, 0.717) is 11.3 Å². The van der Waals surface area contributed by atoms with Crippen molar-refractivity contribution in [1.82, 2.24) is 5.32 Å². The Bertz CT molecular complexity index is 509. The molecule has 1 aromatic rings. The number of carbonyl (C=O) groups is 1. The van der Waals surface area contributed by atoms with Crippen LogP contribution in [0.15, 0.2) is 29.4 Å². The zero-order chi connectivity index (χ0) is 14.0. The Hall–Kier alpha value is -2.05. The fourth-order valence-electron chi connectivity index (χ4n) is 1.95. The van der Waals surface area contributed by atoms with Gasteiger partial charge in [-0.2, -0.15) is 13.2 Å². The minimum Gasteiger partial charge on any atom is -0.411 e. The van der Waals surface area contributed by atoms with E-state index in [1.54, 1.807) is 0 Å². The van der Waals surface area contributed by atoms with Crippen molar-refractivity contribution in [2.24, 2.45) is 5.16 Å². The van der Waals surface area contributed by atoms with Gasteiger partial charge in [-0.25, -0.2) is 0 Å². The lowest BCUT2D eigenvalue weighted by molar-refractivity contribution is -0.137. The van der Waals surface area contributed by atoms with Crippen molar-refractivity contribution in [2.75, 3.05) is 0 Å². The first kappa shape index (κ1) is 13.4. The standard InChI is InChI=1S/C12H11F3N2O2/c13-12(14,15)8-3-1-7(2-4-8)11-9(17-19)5-6-10(18)16-11/h1-4,11,19H,5-6H2,(H,16,18). The normalized spacial score (nSPS) is 22.4. The number of alkyl halides is 3. The molecule has 1 aromatic carbocycles. The van der Waals surface area contributed by atoms with Crippen LogP contribution in [0.3, 0.4) is 0 Å². The first-order valence-corrected chi connectivity index (χ1v) is 5.59. The summed E-state index contributed by atoms with van der Waals surface area (Å²) in [6, 6.07) is 3.73. The number of hydrogen-bond acceptors (Lipinski definition) is 3. The molecule has 19 heavy (non-hydrogen) atoms. The van der Waals surface area contributed by atoms with Crippen LogP contribution in [0.2, 0.25) is 0 Å². The number of rotatable bonds is 1. The van der Waals surface area contributed by atoms with Gasteiger partial charge in [0.25, 0.3) is 0 Å². The van der Waals surface area contributed by atoms with Crippen molar-refractivity contribution >= 4 is 11.6 Å². The molecular weight excluding hydrogens is 261 g/mol. The Morgan fingerprint density at radius 2 is 1.84 bits per heavy atom. The molecule has 0 bridgehead atoms. The van der Waals surface area contributed by atoms with E-state index in [2.05, 4.69) is 10.5 Å². The monoisotopic (exact) mass is 272 g/mol. The molecule has 1 atom stereocenters. The van der Waals surface area contributed by atoms with Crippen LogP contribution in [-0.4, -0.2) is 16.8 Å². The summed E-state index contributed by atoms with van der Waals surface area (Å²) in [6.07, 6.45) is -3.91. The summed E-state index contributed by atoms with van der Waals surface area (Å²) >= 11 is 0. The number of hydrogen-bond donors (Lipinski definition) is 2. The van der Waals surface area contributed by atoms with Gasteiger partial charge in [-0.1, -0.05) is 17.3 Å². The molecule has 2 rings (SSSR count). The first-order valence-electron chi connectivity index (χ1n) is 5.59. The SMILES string of the molecule is O=C1CCC(=NO)C(c2ccc(C(F)(F)F)cc2)N1. The lowest BCUT2D eigenvalue weighted by atomic mass is 9.94. The lowest BCUT2D eigenvalue weighted by Crippen LogP contribution is -2.38. The second-order valence-corrected chi connectivity index (χ2v) is 4.21. The van der Waals surface area contributed by atoms with Gasteiger partial charge in [0.05, 0.1) is 17.3 Å². The Kier molecular flexibility index (Phi) is 3.46. The van der Waals surface area contributed by atoms with E-state index in [-0.39, 0.29) is 18.7 Å². The third-order valence-electron chi connectivity index (χ3n) is 2.95. The number of nitrogens with zero attached hydrogens (tertiary/aromatic N) is 1. The fourth-order valence-corrected chi connectivity index (χ4v) is 1.95. The predicted molar refractivity (Wildman–Crippen MR) is 60.8 cm³/mol. The molecule has 1 amide bonds. The maximum Gasteiger partial charge on any atom is 0.416 e. The summed E-state index contributed by atoms with van der Waals surface area (Å²) in [5.41, 5.74) is 0.0223. The summed E-state index contributed by atoms with van der Waals surface area (Å²) < 4.78 is 37.3. The highest BCUT2D eigenvalue weighted by Gasteiger charge is 2.31. The number of nitrogens with one attached hydrogen (secondary N) is 1. The minimum absolute atomic E-state index is 0.205. The van der Waals surface area contributed by atoms with E-state index in [9.17, 15) is 18.0 Å². The van der Waals surface area contributed by atoms with Gasteiger partial charge in [-0.3, -0.25) is 4.79 Å². The fraction of sp³-hybridized carbons (Fsp3) is 0.333. The van der Waals surface area contributed by atoms with Gasteiger partial charge in [-0.15, -0.1) is 0 Å². The largest absolute Gasteiger partial charge is 0.416 e. The zero-order valence-electron chi connectivity index (χ0n) is 9.74. The average molecular weight is 272 g/mol. The van der Waals surface area contributed by atoms with Crippen molar-refractivity contribution in [3.63, 3.8) is 0 Å². The Morgan fingerprint density at radius 1 is 1.21 bits per heavy atom. The van der Waals surface area contributed by atoms with Crippen molar-refractivity contribution in [1.29, 1.82) is 0 Å². The Labute approximate surface area is 106 Å². The van der Waals surface area contributed by atoms with Gasteiger partial charge >= 0.3 is 6.18 Å². The second kappa shape index (κ2) is 4.91. The molecule has 1 aliphatic heterocycles. The van der Waals surface area contributed by atoms with Crippen LogP contribution in [0.4, 0.5) is 13.2 Å². The molecule has 0 aliphatic carbocycles. The van der Waals surface area contributed by atoms with Crippen molar-refractivity contribution in [3.8, 4) is 0 Å². The summed E-state index contributed by atoms with van der Waals surface area (Å²) in [6.45, 7) is 0. The van der Waals surface area contributed by atoms with Gasteiger partial charge in [-0.05, 0) is 17.7 Å². The highest BCUT2D eigenvalue weighted by molar-refractivity contribution is 5.98.